The second kappa shape index (κ2) is 4.90. The lowest BCUT2D eigenvalue weighted by Crippen LogP contribution is -2.30. The molecule has 0 spiro atoms. The SMILES string of the molecule is COc1c(Br)cccc1CC(F)(F)CN. The van der Waals surface area contributed by atoms with E-state index in [9.17, 15) is 8.78 Å². The molecule has 0 radical (unpaired) electrons. The molecule has 1 aromatic carbocycles. The van der Waals surface area contributed by atoms with Crippen LogP contribution in [0.3, 0.4) is 0 Å². The van der Waals surface area contributed by atoms with E-state index in [4.69, 9.17) is 10.5 Å². The standard InChI is InChI=1S/C10H12BrF2NO/c1-15-9-7(3-2-4-8(9)11)5-10(12,13)6-14/h2-4H,5-6,14H2,1H3. The van der Waals surface area contributed by atoms with Crippen LogP contribution >= 0.6 is 15.9 Å². The minimum atomic E-state index is -2.89. The van der Waals surface area contributed by atoms with Gasteiger partial charge in [0.05, 0.1) is 18.1 Å². The molecule has 0 aromatic heterocycles. The van der Waals surface area contributed by atoms with Crippen LogP contribution in [0.4, 0.5) is 8.78 Å². The second-order valence-electron chi connectivity index (χ2n) is 3.17. The van der Waals surface area contributed by atoms with Crippen LogP contribution in [0, 0.1) is 0 Å². The van der Waals surface area contributed by atoms with Gasteiger partial charge in [0.15, 0.2) is 0 Å². The monoisotopic (exact) mass is 279 g/mol. The van der Waals surface area contributed by atoms with Crippen LogP contribution in [0.25, 0.3) is 0 Å². The highest BCUT2D eigenvalue weighted by Crippen LogP contribution is 2.32. The average molecular weight is 280 g/mol. The van der Waals surface area contributed by atoms with Gasteiger partial charge in [0.2, 0.25) is 0 Å². The van der Waals surface area contributed by atoms with Crippen molar-refractivity contribution in [2.24, 2.45) is 5.73 Å². The van der Waals surface area contributed by atoms with Gasteiger partial charge < -0.3 is 10.5 Å². The summed E-state index contributed by atoms with van der Waals surface area (Å²) in [4.78, 5) is 0. The summed E-state index contributed by atoms with van der Waals surface area (Å²) >= 11 is 3.24. The Morgan fingerprint density at radius 1 is 1.47 bits per heavy atom. The van der Waals surface area contributed by atoms with Gasteiger partial charge in [-0.3, -0.25) is 0 Å². The topological polar surface area (TPSA) is 35.2 Å². The van der Waals surface area contributed by atoms with Crippen LogP contribution in [0.15, 0.2) is 22.7 Å². The predicted molar refractivity (Wildman–Crippen MR) is 58.4 cm³/mol. The van der Waals surface area contributed by atoms with Crippen molar-refractivity contribution >= 4 is 15.9 Å². The Bertz CT molecular complexity index is 344. The molecular weight excluding hydrogens is 268 g/mol. The zero-order chi connectivity index (χ0) is 11.5. The van der Waals surface area contributed by atoms with Crippen LogP contribution in [-0.2, 0) is 6.42 Å². The molecule has 0 fully saturated rings. The zero-order valence-electron chi connectivity index (χ0n) is 8.27. The number of para-hydroxylation sites is 1. The summed E-state index contributed by atoms with van der Waals surface area (Å²) in [6.07, 6.45) is -0.411. The maximum absolute atomic E-state index is 13.1. The predicted octanol–water partition coefficient (Wildman–Crippen LogP) is 2.59. The van der Waals surface area contributed by atoms with Gasteiger partial charge in [-0.2, -0.15) is 0 Å². The van der Waals surface area contributed by atoms with E-state index in [1.165, 1.54) is 7.11 Å². The highest BCUT2D eigenvalue weighted by Gasteiger charge is 2.28. The van der Waals surface area contributed by atoms with Crippen LogP contribution in [-0.4, -0.2) is 19.6 Å². The van der Waals surface area contributed by atoms with Gasteiger partial charge in [-0.15, -0.1) is 0 Å². The Morgan fingerprint density at radius 2 is 2.13 bits per heavy atom. The van der Waals surface area contributed by atoms with E-state index in [2.05, 4.69) is 15.9 Å². The number of methoxy groups -OCH3 is 1. The summed E-state index contributed by atoms with van der Waals surface area (Å²) in [6.45, 7) is -0.664. The first kappa shape index (κ1) is 12.4. The number of halogens is 3. The van der Waals surface area contributed by atoms with Crippen LogP contribution in [0.1, 0.15) is 5.56 Å². The smallest absolute Gasteiger partial charge is 0.264 e. The summed E-state index contributed by atoms with van der Waals surface area (Å²) in [7, 11) is 1.45. The van der Waals surface area contributed by atoms with E-state index >= 15 is 0 Å². The maximum atomic E-state index is 13.1. The van der Waals surface area contributed by atoms with Crippen molar-refractivity contribution in [3.05, 3.63) is 28.2 Å². The average Bonchev–Trinajstić information content (AvgIpc) is 2.18. The first-order valence-electron chi connectivity index (χ1n) is 4.39. The van der Waals surface area contributed by atoms with Crippen LogP contribution < -0.4 is 10.5 Å². The van der Waals surface area contributed by atoms with Crippen LogP contribution in [0.5, 0.6) is 5.75 Å². The molecule has 0 atom stereocenters. The fourth-order valence-electron chi connectivity index (χ4n) is 1.27. The van der Waals surface area contributed by atoms with Gasteiger partial charge in [0.25, 0.3) is 5.92 Å². The summed E-state index contributed by atoms with van der Waals surface area (Å²) in [6, 6.07) is 5.03. The highest BCUT2D eigenvalue weighted by molar-refractivity contribution is 9.10. The van der Waals surface area contributed by atoms with Crippen molar-refractivity contribution in [1.82, 2.24) is 0 Å². The van der Waals surface area contributed by atoms with Crippen molar-refractivity contribution < 1.29 is 13.5 Å². The van der Waals surface area contributed by atoms with Crippen LogP contribution in [0.2, 0.25) is 0 Å². The van der Waals surface area contributed by atoms with E-state index in [0.717, 1.165) is 0 Å². The summed E-state index contributed by atoms with van der Waals surface area (Å²) in [5.74, 6) is -2.46. The van der Waals surface area contributed by atoms with Gasteiger partial charge in [0, 0.05) is 12.0 Å². The maximum Gasteiger partial charge on any atom is 0.264 e. The first-order valence-corrected chi connectivity index (χ1v) is 5.19. The Kier molecular flexibility index (Phi) is 4.04. The molecule has 0 aliphatic rings. The first-order chi connectivity index (χ1) is 7.00. The van der Waals surface area contributed by atoms with E-state index in [-0.39, 0.29) is 0 Å². The molecule has 0 unspecified atom stereocenters. The van der Waals surface area contributed by atoms with Crippen molar-refractivity contribution in [1.29, 1.82) is 0 Å². The van der Waals surface area contributed by atoms with Crippen molar-refractivity contribution in [3.8, 4) is 5.75 Å². The summed E-state index contributed by atoms with van der Waals surface area (Å²) < 4.78 is 31.9. The molecule has 1 aromatic rings. The van der Waals surface area contributed by atoms with Gasteiger partial charge >= 0.3 is 0 Å². The number of alkyl halides is 2. The molecule has 0 saturated carbocycles. The molecular formula is C10H12BrF2NO. The Labute approximate surface area is 95.5 Å². The number of benzene rings is 1. The fraction of sp³-hybridized carbons (Fsp3) is 0.400. The van der Waals surface area contributed by atoms with E-state index in [0.29, 0.717) is 15.8 Å². The normalized spacial score (nSPS) is 11.5. The Hall–Kier alpha value is -0.680. The zero-order valence-corrected chi connectivity index (χ0v) is 9.85. The van der Waals surface area contributed by atoms with Gasteiger partial charge in [0.1, 0.15) is 5.75 Å². The highest BCUT2D eigenvalue weighted by atomic mass is 79.9. The third-order valence-corrected chi connectivity index (χ3v) is 2.62. The fourth-order valence-corrected chi connectivity index (χ4v) is 1.84. The molecule has 0 heterocycles. The molecule has 5 heteroatoms. The lowest BCUT2D eigenvalue weighted by Gasteiger charge is -2.16. The van der Waals surface area contributed by atoms with E-state index < -0.39 is 18.9 Å². The summed E-state index contributed by atoms with van der Waals surface area (Å²) in [5.41, 5.74) is 5.43. The molecule has 2 N–H and O–H groups in total. The van der Waals surface area contributed by atoms with Crippen molar-refractivity contribution in [3.63, 3.8) is 0 Å². The third kappa shape index (κ3) is 3.14. The molecule has 84 valence electrons. The minimum Gasteiger partial charge on any atom is -0.495 e. The van der Waals surface area contributed by atoms with E-state index in [1.54, 1.807) is 18.2 Å². The van der Waals surface area contributed by atoms with Gasteiger partial charge in [-0.25, -0.2) is 8.78 Å². The largest absolute Gasteiger partial charge is 0.495 e. The molecule has 2 nitrogen and oxygen atoms in total. The lowest BCUT2D eigenvalue weighted by molar-refractivity contribution is 0.0109. The van der Waals surface area contributed by atoms with Gasteiger partial charge in [-0.1, -0.05) is 12.1 Å². The molecule has 0 amide bonds. The number of ether oxygens (including phenoxy) is 1. The minimum absolute atomic E-state index is 0.411. The van der Waals surface area contributed by atoms with Crippen molar-refractivity contribution in [2.75, 3.05) is 13.7 Å². The molecule has 0 saturated heterocycles. The Balaban J connectivity index is 2.99. The molecule has 0 aliphatic heterocycles. The molecule has 1 rings (SSSR count). The van der Waals surface area contributed by atoms with Gasteiger partial charge in [-0.05, 0) is 22.0 Å². The Morgan fingerprint density at radius 3 is 2.67 bits per heavy atom. The number of hydrogen-bond donors (Lipinski definition) is 1. The molecule has 15 heavy (non-hydrogen) atoms. The third-order valence-electron chi connectivity index (χ3n) is 2.00. The number of rotatable bonds is 4. The summed E-state index contributed by atoms with van der Waals surface area (Å²) in [5, 5.41) is 0. The quantitative estimate of drug-likeness (QED) is 0.920. The van der Waals surface area contributed by atoms with E-state index in [1.807, 2.05) is 0 Å². The molecule has 0 bridgehead atoms. The lowest BCUT2D eigenvalue weighted by atomic mass is 10.1. The number of hydrogen-bond acceptors (Lipinski definition) is 2. The molecule has 0 aliphatic carbocycles. The van der Waals surface area contributed by atoms with Crippen molar-refractivity contribution in [2.45, 2.75) is 12.3 Å². The number of nitrogens with two attached hydrogens (primary N) is 1. The second-order valence-corrected chi connectivity index (χ2v) is 4.02.